The number of hydrogen-bond acceptors (Lipinski definition) is 15. The highest BCUT2D eigenvalue weighted by molar-refractivity contribution is 7.47. The second-order valence-electron chi connectivity index (χ2n) is 24.1. The maximum Gasteiger partial charge on any atom is 0.472 e. The average Bonchev–Trinajstić information content (AvgIpc) is 3.41. The molecule has 0 saturated carbocycles. The molecule has 0 fully saturated rings. The van der Waals surface area contributed by atoms with Crippen molar-refractivity contribution in [2.45, 2.75) is 311 Å². The van der Waals surface area contributed by atoms with Crippen molar-refractivity contribution in [3.05, 3.63) is 0 Å². The first-order valence-corrected chi connectivity index (χ1v) is 35.2. The first-order chi connectivity index (χ1) is 38.6. The number of unbranched alkanes of at least 4 members (excludes halogenated alkanes) is 24. The number of esters is 4. The van der Waals surface area contributed by atoms with Gasteiger partial charge >= 0.3 is 39.5 Å². The fraction of sp³-hybridized carbons (Fsp3) is 0.935. The summed E-state index contributed by atoms with van der Waals surface area (Å²) in [5.74, 6) is 0.696. The van der Waals surface area contributed by atoms with Gasteiger partial charge in [-0.25, -0.2) is 9.13 Å². The molecule has 0 aliphatic heterocycles. The van der Waals surface area contributed by atoms with Crippen LogP contribution < -0.4 is 0 Å². The number of aliphatic hydroxyl groups is 1. The molecule has 0 radical (unpaired) electrons. The lowest BCUT2D eigenvalue weighted by atomic mass is 9.99. The summed E-state index contributed by atoms with van der Waals surface area (Å²) in [5, 5.41) is 10.5. The number of rotatable bonds is 59. The van der Waals surface area contributed by atoms with Gasteiger partial charge in [-0.2, -0.15) is 0 Å². The molecule has 0 rings (SSSR count). The summed E-state index contributed by atoms with van der Waals surface area (Å²) in [7, 11) is -9.88. The fourth-order valence-corrected chi connectivity index (χ4v) is 10.6. The van der Waals surface area contributed by atoms with E-state index < -0.39 is 97.5 Å². The van der Waals surface area contributed by atoms with Gasteiger partial charge < -0.3 is 33.8 Å². The SMILES string of the molecule is CCC(C)CCCCCCCCCCC(=O)O[C@H](COC(=O)CCCCCCCCCCC(C)C)COP(=O)(O)OCC(O)COP(=O)(O)OC[C@@H](COC(=O)CCCCCCCCC(C)C)OC(=O)CCCCCCCCC(C)C. The highest BCUT2D eigenvalue weighted by Crippen LogP contribution is 2.45. The molecule has 0 heterocycles. The molecule has 4 unspecified atom stereocenters. The molecule has 0 aromatic carbocycles. The lowest BCUT2D eigenvalue weighted by Crippen LogP contribution is -2.30. The molecule has 19 heteroatoms. The van der Waals surface area contributed by atoms with Gasteiger partial charge in [0, 0.05) is 25.7 Å². The van der Waals surface area contributed by atoms with Crippen molar-refractivity contribution in [1.29, 1.82) is 0 Å². The minimum atomic E-state index is -4.94. The first kappa shape index (κ1) is 79.1. The predicted octanol–water partition coefficient (Wildman–Crippen LogP) is 16.6. The summed E-state index contributed by atoms with van der Waals surface area (Å²) < 4.78 is 67.8. The molecule has 17 nitrogen and oxygen atoms in total. The summed E-state index contributed by atoms with van der Waals surface area (Å²) in [6.45, 7) is 13.9. The Morgan fingerprint density at radius 3 is 0.877 bits per heavy atom. The Morgan fingerprint density at radius 2 is 0.593 bits per heavy atom. The minimum absolute atomic E-state index is 0.100. The van der Waals surface area contributed by atoms with Crippen molar-refractivity contribution in [2.24, 2.45) is 23.7 Å². The molecule has 0 aliphatic rings. The van der Waals surface area contributed by atoms with Gasteiger partial charge in [-0.1, -0.05) is 242 Å². The Hall–Kier alpha value is -1.94. The third-order valence-electron chi connectivity index (χ3n) is 14.4. The van der Waals surface area contributed by atoms with Crippen LogP contribution in [0.1, 0.15) is 293 Å². The maximum absolute atomic E-state index is 13.0. The van der Waals surface area contributed by atoms with Crippen molar-refractivity contribution < 1.29 is 80.2 Å². The zero-order valence-electron chi connectivity index (χ0n) is 52.4. The molecule has 0 bridgehead atoms. The van der Waals surface area contributed by atoms with Crippen LogP contribution in [0.3, 0.4) is 0 Å². The number of carbonyl (C=O) groups is 4. The summed E-state index contributed by atoms with van der Waals surface area (Å²) >= 11 is 0. The third kappa shape index (κ3) is 55.7. The van der Waals surface area contributed by atoms with E-state index in [0.29, 0.717) is 37.5 Å². The first-order valence-electron chi connectivity index (χ1n) is 32.2. The highest BCUT2D eigenvalue weighted by Gasteiger charge is 2.30. The molecule has 0 saturated heterocycles. The molecule has 0 aliphatic carbocycles. The number of ether oxygens (including phenoxy) is 4. The molecule has 0 aromatic rings. The molecular formula is C62H120O17P2. The van der Waals surface area contributed by atoms with Crippen LogP contribution in [-0.2, 0) is 65.4 Å². The van der Waals surface area contributed by atoms with Crippen LogP contribution in [0.2, 0.25) is 0 Å². The Balaban J connectivity index is 5.25. The van der Waals surface area contributed by atoms with Gasteiger partial charge in [0.15, 0.2) is 12.2 Å². The van der Waals surface area contributed by atoms with E-state index in [-0.39, 0.29) is 25.7 Å². The summed E-state index contributed by atoms with van der Waals surface area (Å²) in [4.78, 5) is 72.0. The third-order valence-corrected chi connectivity index (χ3v) is 16.3. The van der Waals surface area contributed by atoms with E-state index in [0.717, 1.165) is 108 Å². The molecular weight excluding hydrogens is 1080 g/mol. The fourth-order valence-electron chi connectivity index (χ4n) is 9.04. The van der Waals surface area contributed by atoms with Gasteiger partial charge in [-0.05, 0) is 49.4 Å². The standard InChI is InChI=1S/C62H120O17P2/c1-9-55(8)41-33-25-15-11-13-17-28-36-44-61(66)78-57(48-72-59(64)42-34-26-16-12-10-14-22-30-38-52(2)3)50-76-80(68,69)74-46-56(63)47-75-81(70,71)77-51-58(79-62(67)45-37-29-21-19-24-32-40-54(6)7)49-73-60(65)43-35-27-20-18-23-31-39-53(4)5/h52-58,63H,9-51H2,1-8H3,(H,68,69)(H,70,71)/t55?,56?,57-,58-/m1/s1. The number of carbonyl (C=O) groups excluding carboxylic acids is 4. The van der Waals surface area contributed by atoms with E-state index in [9.17, 15) is 43.2 Å². The molecule has 6 atom stereocenters. The van der Waals surface area contributed by atoms with Gasteiger partial charge in [0.25, 0.3) is 0 Å². The average molecular weight is 1200 g/mol. The van der Waals surface area contributed by atoms with E-state index >= 15 is 0 Å². The van der Waals surface area contributed by atoms with Crippen molar-refractivity contribution in [2.75, 3.05) is 39.6 Å². The Bertz CT molecular complexity index is 1630. The summed E-state index contributed by atoms with van der Waals surface area (Å²) in [6.07, 6.45) is 31.0. The van der Waals surface area contributed by atoms with Crippen LogP contribution in [0, 0.1) is 23.7 Å². The number of aliphatic hydroxyl groups excluding tert-OH is 1. The maximum atomic E-state index is 13.0. The Morgan fingerprint density at radius 1 is 0.346 bits per heavy atom. The molecule has 480 valence electrons. The molecule has 3 N–H and O–H groups in total. The van der Waals surface area contributed by atoms with E-state index in [4.69, 9.17) is 37.0 Å². The van der Waals surface area contributed by atoms with Crippen LogP contribution >= 0.6 is 15.6 Å². The predicted molar refractivity (Wildman–Crippen MR) is 321 cm³/mol. The zero-order valence-corrected chi connectivity index (χ0v) is 54.2. The quantitative estimate of drug-likeness (QED) is 0.0222. The van der Waals surface area contributed by atoms with E-state index in [1.165, 1.54) is 89.9 Å². The Kier molecular flexibility index (Phi) is 51.1. The second kappa shape index (κ2) is 52.4. The number of hydrogen-bond donors (Lipinski definition) is 3. The van der Waals surface area contributed by atoms with Crippen molar-refractivity contribution >= 4 is 39.5 Å². The van der Waals surface area contributed by atoms with Crippen LogP contribution in [0.15, 0.2) is 0 Å². The van der Waals surface area contributed by atoms with Gasteiger partial charge in [0.1, 0.15) is 19.3 Å². The molecule has 81 heavy (non-hydrogen) atoms. The lowest BCUT2D eigenvalue weighted by molar-refractivity contribution is -0.161. The molecule has 0 amide bonds. The number of phosphoric acid groups is 2. The monoisotopic (exact) mass is 1200 g/mol. The van der Waals surface area contributed by atoms with Crippen molar-refractivity contribution in [3.8, 4) is 0 Å². The smallest absolute Gasteiger partial charge is 0.462 e. The van der Waals surface area contributed by atoms with Gasteiger partial charge in [0.2, 0.25) is 0 Å². The topological polar surface area (TPSA) is 237 Å². The van der Waals surface area contributed by atoms with Crippen molar-refractivity contribution in [3.63, 3.8) is 0 Å². The van der Waals surface area contributed by atoms with Crippen LogP contribution in [-0.4, -0.2) is 96.7 Å². The van der Waals surface area contributed by atoms with Gasteiger partial charge in [-0.3, -0.25) is 37.3 Å². The van der Waals surface area contributed by atoms with E-state index in [2.05, 4.69) is 55.4 Å². The van der Waals surface area contributed by atoms with Gasteiger partial charge in [0.05, 0.1) is 26.4 Å². The minimum Gasteiger partial charge on any atom is -0.462 e. The van der Waals surface area contributed by atoms with Crippen LogP contribution in [0.4, 0.5) is 0 Å². The number of phosphoric ester groups is 2. The molecule has 0 aromatic heterocycles. The largest absolute Gasteiger partial charge is 0.472 e. The Labute approximate surface area is 492 Å². The normalized spacial score (nSPS) is 14.8. The summed E-state index contributed by atoms with van der Waals surface area (Å²) in [5.41, 5.74) is 0. The summed E-state index contributed by atoms with van der Waals surface area (Å²) in [6, 6.07) is 0. The van der Waals surface area contributed by atoms with Crippen LogP contribution in [0.25, 0.3) is 0 Å². The van der Waals surface area contributed by atoms with Crippen molar-refractivity contribution in [1.82, 2.24) is 0 Å². The van der Waals surface area contributed by atoms with E-state index in [1.807, 2.05) is 0 Å². The van der Waals surface area contributed by atoms with Crippen LogP contribution in [0.5, 0.6) is 0 Å². The molecule has 0 spiro atoms. The zero-order chi connectivity index (χ0) is 60.4. The van der Waals surface area contributed by atoms with E-state index in [1.54, 1.807) is 0 Å². The lowest BCUT2D eigenvalue weighted by Gasteiger charge is -2.21. The highest BCUT2D eigenvalue weighted by atomic mass is 31.2. The van der Waals surface area contributed by atoms with Gasteiger partial charge in [-0.15, -0.1) is 0 Å². The second-order valence-corrected chi connectivity index (χ2v) is 27.0.